The van der Waals surface area contributed by atoms with Crippen LogP contribution in [0.1, 0.15) is 18.0 Å². The predicted molar refractivity (Wildman–Crippen MR) is 43.0 cm³/mol. The molecule has 12 heavy (non-hydrogen) atoms. The highest BCUT2D eigenvalue weighted by molar-refractivity contribution is 5.06. The summed E-state index contributed by atoms with van der Waals surface area (Å²) >= 11 is 0. The van der Waals surface area contributed by atoms with E-state index in [2.05, 4.69) is 9.97 Å². The first-order valence-corrected chi connectivity index (χ1v) is 3.99. The number of ether oxygens (including phenoxy) is 1. The predicted octanol–water partition coefficient (Wildman–Crippen LogP) is 0.274. The van der Waals surface area contributed by atoms with E-state index in [1.165, 1.54) is 6.20 Å². The molecule has 1 saturated heterocycles. The average molecular weight is 166 g/mol. The molecule has 1 aliphatic heterocycles. The fourth-order valence-corrected chi connectivity index (χ4v) is 1.40. The summed E-state index contributed by atoms with van der Waals surface area (Å²) in [5, 5.41) is 0. The molecule has 2 heterocycles. The van der Waals surface area contributed by atoms with Crippen molar-refractivity contribution in [3.05, 3.63) is 28.4 Å². The summed E-state index contributed by atoms with van der Waals surface area (Å²) in [6, 6.07) is 1.83. The van der Waals surface area contributed by atoms with Crippen LogP contribution in [0.4, 0.5) is 0 Å². The zero-order chi connectivity index (χ0) is 8.39. The van der Waals surface area contributed by atoms with Gasteiger partial charge in [-0.05, 0) is 12.5 Å². The van der Waals surface area contributed by atoms with Crippen LogP contribution < -0.4 is 5.69 Å². The van der Waals surface area contributed by atoms with Crippen LogP contribution >= 0.6 is 0 Å². The van der Waals surface area contributed by atoms with E-state index in [4.69, 9.17) is 4.74 Å². The molecule has 1 fully saturated rings. The maximum absolute atomic E-state index is 10.8. The number of hydrogen-bond donors (Lipinski definition) is 1. The molecule has 2 rings (SSSR count). The number of nitrogens with one attached hydrogen (secondary N) is 1. The van der Waals surface area contributed by atoms with Crippen molar-refractivity contribution < 1.29 is 4.74 Å². The molecule has 0 aliphatic carbocycles. The Bertz CT molecular complexity index is 315. The van der Waals surface area contributed by atoms with E-state index in [9.17, 15) is 4.79 Å². The third-order valence-electron chi connectivity index (χ3n) is 2.07. The van der Waals surface area contributed by atoms with Gasteiger partial charge in [0.2, 0.25) is 0 Å². The average Bonchev–Trinajstić information content (AvgIpc) is 2.56. The van der Waals surface area contributed by atoms with Crippen LogP contribution in [0.15, 0.2) is 17.1 Å². The quantitative estimate of drug-likeness (QED) is 0.651. The minimum atomic E-state index is -0.278. The molecule has 4 heteroatoms. The molecule has 0 bridgehead atoms. The van der Waals surface area contributed by atoms with E-state index < -0.39 is 0 Å². The Morgan fingerprint density at radius 2 is 2.58 bits per heavy atom. The maximum Gasteiger partial charge on any atom is 0.345 e. The van der Waals surface area contributed by atoms with Crippen LogP contribution in [0, 0.1) is 0 Å². The van der Waals surface area contributed by atoms with Crippen LogP contribution in [-0.4, -0.2) is 23.2 Å². The molecule has 1 aromatic heterocycles. The lowest BCUT2D eigenvalue weighted by atomic mass is 10.1. The summed E-state index contributed by atoms with van der Waals surface area (Å²) in [4.78, 5) is 17.1. The summed E-state index contributed by atoms with van der Waals surface area (Å²) < 4.78 is 5.21. The number of hydrogen-bond acceptors (Lipinski definition) is 3. The number of H-pyrrole nitrogens is 1. The van der Waals surface area contributed by atoms with Gasteiger partial charge in [0, 0.05) is 24.4 Å². The fraction of sp³-hybridized carbons (Fsp3) is 0.500. The van der Waals surface area contributed by atoms with Gasteiger partial charge in [0.15, 0.2) is 0 Å². The van der Waals surface area contributed by atoms with E-state index in [1.54, 1.807) is 0 Å². The van der Waals surface area contributed by atoms with Crippen molar-refractivity contribution in [3.63, 3.8) is 0 Å². The molecule has 0 spiro atoms. The lowest BCUT2D eigenvalue weighted by Crippen LogP contribution is -2.13. The van der Waals surface area contributed by atoms with Crippen molar-refractivity contribution in [3.8, 4) is 0 Å². The Labute approximate surface area is 69.6 Å². The van der Waals surface area contributed by atoms with E-state index >= 15 is 0 Å². The van der Waals surface area contributed by atoms with Crippen LogP contribution in [0.5, 0.6) is 0 Å². The topological polar surface area (TPSA) is 55.0 Å². The van der Waals surface area contributed by atoms with Gasteiger partial charge in [0.1, 0.15) is 0 Å². The van der Waals surface area contributed by atoms with Gasteiger partial charge in [-0.15, -0.1) is 0 Å². The number of rotatable bonds is 1. The summed E-state index contributed by atoms with van der Waals surface area (Å²) in [6.07, 6.45) is 2.52. The van der Waals surface area contributed by atoms with Crippen molar-refractivity contribution in [2.75, 3.05) is 13.2 Å². The molecule has 1 atom stereocenters. The standard InChI is InChI=1S/C8H10N2O2/c11-8-9-3-1-7(10-8)6-2-4-12-5-6/h1,3,6H,2,4-5H2,(H,9,10,11). The highest BCUT2D eigenvalue weighted by Gasteiger charge is 2.17. The lowest BCUT2D eigenvalue weighted by molar-refractivity contribution is 0.193. The number of nitrogens with zero attached hydrogens (tertiary/aromatic N) is 1. The Morgan fingerprint density at radius 1 is 1.67 bits per heavy atom. The molecule has 1 aromatic rings. The van der Waals surface area contributed by atoms with Crippen LogP contribution in [0.2, 0.25) is 0 Å². The van der Waals surface area contributed by atoms with Crippen molar-refractivity contribution in [1.29, 1.82) is 0 Å². The van der Waals surface area contributed by atoms with Gasteiger partial charge in [0.05, 0.1) is 6.61 Å². The number of aromatic nitrogens is 2. The Hall–Kier alpha value is -1.16. The highest BCUT2D eigenvalue weighted by Crippen LogP contribution is 2.21. The molecule has 0 radical (unpaired) electrons. The van der Waals surface area contributed by atoms with Gasteiger partial charge < -0.3 is 9.72 Å². The minimum absolute atomic E-state index is 0.278. The second-order valence-corrected chi connectivity index (χ2v) is 2.89. The second kappa shape index (κ2) is 3.06. The first kappa shape index (κ1) is 7.49. The molecule has 0 aromatic carbocycles. The highest BCUT2D eigenvalue weighted by atomic mass is 16.5. The first-order chi connectivity index (χ1) is 5.86. The zero-order valence-electron chi connectivity index (χ0n) is 6.62. The Balaban J connectivity index is 2.27. The summed E-state index contributed by atoms with van der Waals surface area (Å²) in [7, 11) is 0. The Morgan fingerprint density at radius 3 is 3.25 bits per heavy atom. The molecule has 64 valence electrons. The van der Waals surface area contributed by atoms with E-state index in [1.807, 2.05) is 6.07 Å². The molecule has 0 saturated carbocycles. The second-order valence-electron chi connectivity index (χ2n) is 2.89. The molecular formula is C8H10N2O2. The van der Waals surface area contributed by atoms with Gasteiger partial charge in [-0.25, -0.2) is 9.78 Å². The van der Waals surface area contributed by atoms with Gasteiger partial charge in [-0.3, -0.25) is 0 Å². The van der Waals surface area contributed by atoms with Crippen LogP contribution in [0.25, 0.3) is 0 Å². The molecule has 1 unspecified atom stereocenters. The SMILES string of the molecule is O=c1nccc(C2CCOC2)[nH]1. The third-order valence-corrected chi connectivity index (χ3v) is 2.07. The smallest absolute Gasteiger partial charge is 0.345 e. The van der Waals surface area contributed by atoms with Crippen molar-refractivity contribution >= 4 is 0 Å². The maximum atomic E-state index is 10.8. The molecule has 0 amide bonds. The normalized spacial score (nSPS) is 22.8. The molecule has 1 N–H and O–H groups in total. The van der Waals surface area contributed by atoms with Crippen LogP contribution in [-0.2, 0) is 4.74 Å². The van der Waals surface area contributed by atoms with Gasteiger partial charge >= 0.3 is 5.69 Å². The first-order valence-electron chi connectivity index (χ1n) is 3.99. The molecule has 4 nitrogen and oxygen atoms in total. The zero-order valence-corrected chi connectivity index (χ0v) is 6.62. The van der Waals surface area contributed by atoms with Gasteiger partial charge in [0.25, 0.3) is 0 Å². The van der Waals surface area contributed by atoms with Gasteiger partial charge in [-0.1, -0.05) is 0 Å². The van der Waals surface area contributed by atoms with E-state index in [0.717, 1.165) is 18.7 Å². The van der Waals surface area contributed by atoms with Crippen molar-refractivity contribution in [2.24, 2.45) is 0 Å². The van der Waals surface area contributed by atoms with E-state index in [-0.39, 0.29) is 5.69 Å². The van der Waals surface area contributed by atoms with Gasteiger partial charge in [-0.2, -0.15) is 0 Å². The molecular weight excluding hydrogens is 156 g/mol. The summed E-state index contributed by atoms with van der Waals surface area (Å²) in [5.74, 6) is 0.348. The summed E-state index contributed by atoms with van der Waals surface area (Å²) in [6.45, 7) is 1.50. The number of aromatic amines is 1. The summed E-state index contributed by atoms with van der Waals surface area (Å²) in [5.41, 5.74) is 0.659. The van der Waals surface area contributed by atoms with Crippen molar-refractivity contribution in [2.45, 2.75) is 12.3 Å². The van der Waals surface area contributed by atoms with Crippen LogP contribution in [0.3, 0.4) is 0 Å². The monoisotopic (exact) mass is 166 g/mol. The Kier molecular flexibility index (Phi) is 1.91. The fourth-order valence-electron chi connectivity index (χ4n) is 1.40. The minimum Gasteiger partial charge on any atom is -0.381 e. The lowest BCUT2D eigenvalue weighted by Gasteiger charge is -2.05. The molecule has 1 aliphatic rings. The van der Waals surface area contributed by atoms with E-state index in [0.29, 0.717) is 12.5 Å². The largest absolute Gasteiger partial charge is 0.381 e. The third kappa shape index (κ3) is 1.38. The van der Waals surface area contributed by atoms with Crippen molar-refractivity contribution in [1.82, 2.24) is 9.97 Å².